The van der Waals surface area contributed by atoms with E-state index in [1.807, 2.05) is 0 Å². The summed E-state index contributed by atoms with van der Waals surface area (Å²) in [7, 11) is -3.42. The molecule has 0 aliphatic heterocycles. The van der Waals surface area contributed by atoms with Gasteiger partial charge in [0.1, 0.15) is 5.56 Å². The molecular formula is C14H13N5O4S. The van der Waals surface area contributed by atoms with Crippen molar-refractivity contribution in [2.45, 2.75) is 4.90 Å². The van der Waals surface area contributed by atoms with Crippen molar-refractivity contribution in [2.75, 3.05) is 11.6 Å². The zero-order valence-corrected chi connectivity index (χ0v) is 13.3. The number of sulfone groups is 1. The molecule has 0 aliphatic carbocycles. The van der Waals surface area contributed by atoms with Gasteiger partial charge in [-0.1, -0.05) is 0 Å². The summed E-state index contributed by atoms with van der Waals surface area (Å²) in [4.78, 5) is 21.2. The zero-order valence-electron chi connectivity index (χ0n) is 12.5. The van der Waals surface area contributed by atoms with Gasteiger partial charge in [-0.25, -0.2) is 17.9 Å². The maximum atomic E-state index is 12.4. The summed E-state index contributed by atoms with van der Waals surface area (Å²) in [5.74, 6) is 4.72. The lowest BCUT2D eigenvalue weighted by Crippen LogP contribution is -2.14. The summed E-state index contributed by atoms with van der Waals surface area (Å²) < 4.78 is 24.6. The van der Waals surface area contributed by atoms with Crippen LogP contribution < -0.4 is 16.1 Å². The molecule has 0 aliphatic rings. The average molecular weight is 347 g/mol. The third-order valence-corrected chi connectivity index (χ3v) is 4.39. The van der Waals surface area contributed by atoms with E-state index in [1.165, 1.54) is 28.9 Å². The highest BCUT2D eigenvalue weighted by Gasteiger charge is 2.17. The largest absolute Gasteiger partial charge is 0.409 e. The van der Waals surface area contributed by atoms with E-state index in [-0.39, 0.29) is 21.9 Å². The number of carbonyl (C=O) groups is 1. The van der Waals surface area contributed by atoms with Crippen molar-refractivity contribution in [3.63, 3.8) is 0 Å². The van der Waals surface area contributed by atoms with Crippen LogP contribution in [0, 0.1) is 0 Å². The third-order valence-electron chi connectivity index (χ3n) is 3.28. The number of carbonyl (C=O) groups excluding carboxylic acids is 1. The lowest BCUT2D eigenvalue weighted by Gasteiger charge is -2.10. The molecule has 124 valence electrons. The van der Waals surface area contributed by atoms with Gasteiger partial charge < -0.3 is 10.2 Å². The van der Waals surface area contributed by atoms with E-state index in [2.05, 4.69) is 20.2 Å². The van der Waals surface area contributed by atoms with E-state index in [1.54, 1.807) is 18.5 Å². The second-order valence-corrected chi connectivity index (χ2v) is 6.96. The lowest BCUT2D eigenvalue weighted by atomic mass is 10.2. The standard InChI is InChI=1S/C14H13N5O4S/c1-24(21,22)9-3-4-11(12(7-9)23-15)18-14(20)10-8-17-19-6-2-5-16-13(10)19/h2-8H,15H2,1H3,(H,18,20). The van der Waals surface area contributed by atoms with Gasteiger partial charge in [0.2, 0.25) is 0 Å². The van der Waals surface area contributed by atoms with Crippen molar-refractivity contribution in [1.29, 1.82) is 0 Å². The molecule has 0 unspecified atom stereocenters. The van der Waals surface area contributed by atoms with E-state index in [0.29, 0.717) is 5.65 Å². The first-order valence-corrected chi connectivity index (χ1v) is 8.60. The quantitative estimate of drug-likeness (QED) is 0.662. The molecule has 3 aromatic rings. The first kappa shape index (κ1) is 15.9. The minimum absolute atomic E-state index is 0.0238. The van der Waals surface area contributed by atoms with Crippen LogP contribution in [0.3, 0.4) is 0 Å². The van der Waals surface area contributed by atoms with Gasteiger partial charge in [-0.3, -0.25) is 4.79 Å². The Morgan fingerprint density at radius 2 is 2.17 bits per heavy atom. The Kier molecular flexibility index (Phi) is 3.91. The van der Waals surface area contributed by atoms with E-state index in [4.69, 9.17) is 5.90 Å². The molecule has 3 N–H and O–H groups in total. The van der Waals surface area contributed by atoms with E-state index in [9.17, 15) is 13.2 Å². The number of nitrogens with one attached hydrogen (secondary N) is 1. The lowest BCUT2D eigenvalue weighted by molar-refractivity contribution is 0.102. The molecule has 0 radical (unpaired) electrons. The van der Waals surface area contributed by atoms with Gasteiger partial charge in [-0.05, 0) is 18.2 Å². The van der Waals surface area contributed by atoms with Crippen molar-refractivity contribution in [2.24, 2.45) is 5.90 Å². The zero-order chi connectivity index (χ0) is 17.3. The second-order valence-electron chi connectivity index (χ2n) is 4.95. The highest BCUT2D eigenvalue weighted by Crippen LogP contribution is 2.27. The molecule has 10 heteroatoms. The molecule has 0 saturated carbocycles. The predicted molar refractivity (Wildman–Crippen MR) is 85.3 cm³/mol. The van der Waals surface area contributed by atoms with Gasteiger partial charge in [0.15, 0.2) is 21.2 Å². The number of amides is 1. The van der Waals surface area contributed by atoms with Crippen molar-refractivity contribution in [3.8, 4) is 5.75 Å². The molecule has 0 bridgehead atoms. The molecule has 2 aromatic heterocycles. The fraction of sp³-hybridized carbons (Fsp3) is 0.0714. The molecule has 0 fully saturated rings. The maximum Gasteiger partial charge on any atom is 0.261 e. The van der Waals surface area contributed by atoms with Crippen LogP contribution >= 0.6 is 0 Å². The van der Waals surface area contributed by atoms with Gasteiger partial charge in [0.05, 0.1) is 16.8 Å². The summed E-state index contributed by atoms with van der Waals surface area (Å²) in [5, 5.41) is 6.63. The number of hydrogen-bond donors (Lipinski definition) is 2. The summed E-state index contributed by atoms with van der Waals surface area (Å²) >= 11 is 0. The van der Waals surface area contributed by atoms with E-state index in [0.717, 1.165) is 6.26 Å². The molecule has 1 amide bonds. The Balaban J connectivity index is 1.94. The van der Waals surface area contributed by atoms with Crippen LogP contribution in [-0.4, -0.2) is 35.2 Å². The van der Waals surface area contributed by atoms with E-state index < -0.39 is 15.7 Å². The van der Waals surface area contributed by atoms with Crippen molar-refractivity contribution in [3.05, 3.63) is 48.4 Å². The minimum Gasteiger partial charge on any atom is -0.409 e. The Bertz CT molecular complexity index is 1030. The third kappa shape index (κ3) is 2.92. The first-order valence-electron chi connectivity index (χ1n) is 6.70. The average Bonchev–Trinajstić information content (AvgIpc) is 2.98. The topological polar surface area (TPSA) is 129 Å². The predicted octanol–water partition coefficient (Wildman–Crippen LogP) is 0.638. The number of benzene rings is 1. The number of fused-ring (bicyclic) bond motifs is 1. The number of aromatic nitrogens is 3. The van der Waals surface area contributed by atoms with Crippen LogP contribution in [0.2, 0.25) is 0 Å². The summed E-state index contributed by atoms with van der Waals surface area (Å²) in [6.07, 6.45) is 5.65. The number of nitrogens with two attached hydrogens (primary N) is 1. The number of hydrogen-bond acceptors (Lipinski definition) is 7. The molecule has 3 rings (SSSR count). The number of anilines is 1. The van der Waals surface area contributed by atoms with Crippen molar-refractivity contribution < 1.29 is 18.0 Å². The monoisotopic (exact) mass is 347 g/mol. The number of nitrogens with zero attached hydrogens (tertiary/aromatic N) is 3. The SMILES string of the molecule is CS(=O)(=O)c1ccc(NC(=O)c2cnn3cccnc23)c(ON)c1. The second kappa shape index (κ2) is 5.91. The van der Waals surface area contributed by atoms with Crippen LogP contribution in [0.15, 0.2) is 47.8 Å². The first-order chi connectivity index (χ1) is 11.4. The summed E-state index contributed by atoms with van der Waals surface area (Å²) in [5.41, 5.74) is 0.869. The van der Waals surface area contributed by atoms with E-state index >= 15 is 0 Å². The molecule has 24 heavy (non-hydrogen) atoms. The smallest absolute Gasteiger partial charge is 0.261 e. The van der Waals surface area contributed by atoms with Crippen molar-refractivity contribution in [1.82, 2.24) is 14.6 Å². The fourth-order valence-electron chi connectivity index (χ4n) is 2.11. The summed E-state index contributed by atoms with van der Waals surface area (Å²) in [6.45, 7) is 0. The molecule has 1 aromatic carbocycles. The van der Waals surface area contributed by atoms with Gasteiger partial charge >= 0.3 is 0 Å². The normalized spacial score (nSPS) is 11.4. The Labute approximate surface area is 136 Å². The highest BCUT2D eigenvalue weighted by atomic mass is 32.2. The minimum atomic E-state index is -3.42. The Hall–Kier alpha value is -2.98. The molecule has 2 heterocycles. The summed E-state index contributed by atoms with van der Waals surface area (Å²) in [6, 6.07) is 5.67. The Morgan fingerprint density at radius 1 is 1.38 bits per heavy atom. The Morgan fingerprint density at radius 3 is 2.88 bits per heavy atom. The van der Waals surface area contributed by atoms with Gasteiger partial charge in [-0.15, -0.1) is 0 Å². The fourth-order valence-corrected chi connectivity index (χ4v) is 2.75. The van der Waals surface area contributed by atoms with Crippen LogP contribution in [-0.2, 0) is 9.84 Å². The van der Waals surface area contributed by atoms with Crippen molar-refractivity contribution >= 4 is 27.1 Å². The van der Waals surface area contributed by atoms with Gasteiger partial charge in [0, 0.05) is 24.7 Å². The molecule has 0 atom stereocenters. The number of rotatable bonds is 4. The molecule has 9 nitrogen and oxygen atoms in total. The van der Waals surface area contributed by atoms with Crippen LogP contribution in [0.5, 0.6) is 5.75 Å². The van der Waals surface area contributed by atoms with Gasteiger partial charge in [-0.2, -0.15) is 11.0 Å². The molecule has 0 spiro atoms. The maximum absolute atomic E-state index is 12.4. The highest BCUT2D eigenvalue weighted by molar-refractivity contribution is 7.90. The molecular weight excluding hydrogens is 334 g/mol. The van der Waals surface area contributed by atoms with Crippen LogP contribution in [0.4, 0.5) is 5.69 Å². The molecule has 0 saturated heterocycles. The van der Waals surface area contributed by atoms with Crippen LogP contribution in [0.1, 0.15) is 10.4 Å². The van der Waals surface area contributed by atoms with Crippen LogP contribution in [0.25, 0.3) is 5.65 Å². The van der Waals surface area contributed by atoms with Gasteiger partial charge in [0.25, 0.3) is 5.91 Å².